The molecule has 0 amide bonds. The lowest BCUT2D eigenvalue weighted by Gasteiger charge is -2.39. The van der Waals surface area contributed by atoms with Gasteiger partial charge in [-0.05, 0) is 36.3 Å². The monoisotopic (exact) mass is 222 g/mol. The summed E-state index contributed by atoms with van der Waals surface area (Å²) in [5.74, 6) is 0.896. The molecule has 2 aliphatic rings. The molecule has 3 heteroatoms. The largest absolute Gasteiger partial charge is 0.316 e. The molecular weight excluding hydrogens is 204 g/mol. The zero-order chi connectivity index (χ0) is 10.3. The minimum atomic E-state index is 0.639. The third kappa shape index (κ3) is 1.73. The zero-order valence-electron chi connectivity index (χ0n) is 9.20. The van der Waals surface area contributed by atoms with Crippen LogP contribution in [0.5, 0.6) is 0 Å². The van der Waals surface area contributed by atoms with Crippen LogP contribution in [0.25, 0.3) is 0 Å². The molecule has 0 spiro atoms. The van der Waals surface area contributed by atoms with Crippen molar-refractivity contribution in [3.63, 3.8) is 0 Å². The van der Waals surface area contributed by atoms with E-state index in [4.69, 9.17) is 0 Å². The van der Waals surface area contributed by atoms with Crippen molar-refractivity contribution in [1.82, 2.24) is 10.2 Å². The molecule has 82 valence electrons. The molecule has 0 aliphatic carbocycles. The van der Waals surface area contributed by atoms with Crippen LogP contribution in [0.4, 0.5) is 0 Å². The highest BCUT2D eigenvalue weighted by atomic mass is 32.1. The fourth-order valence-electron chi connectivity index (χ4n) is 2.62. The lowest BCUT2D eigenvalue weighted by atomic mass is 9.97. The molecule has 1 aromatic heterocycles. The normalized spacial score (nSPS) is 27.4. The van der Waals surface area contributed by atoms with Gasteiger partial charge >= 0.3 is 0 Å². The molecule has 2 aliphatic heterocycles. The molecule has 1 aromatic rings. The van der Waals surface area contributed by atoms with E-state index in [-0.39, 0.29) is 0 Å². The summed E-state index contributed by atoms with van der Waals surface area (Å²) in [5.41, 5.74) is 1.58. The first kappa shape index (κ1) is 9.82. The molecule has 1 saturated heterocycles. The van der Waals surface area contributed by atoms with Gasteiger partial charge < -0.3 is 5.32 Å². The third-order valence-corrected chi connectivity index (χ3v) is 4.76. The van der Waals surface area contributed by atoms with Crippen LogP contribution in [-0.2, 0) is 6.42 Å². The summed E-state index contributed by atoms with van der Waals surface area (Å²) >= 11 is 1.93. The second-order valence-electron chi connectivity index (χ2n) is 4.74. The summed E-state index contributed by atoms with van der Waals surface area (Å²) in [7, 11) is 0. The van der Waals surface area contributed by atoms with Gasteiger partial charge in [-0.15, -0.1) is 11.3 Å². The van der Waals surface area contributed by atoms with Gasteiger partial charge in [-0.25, -0.2) is 0 Å². The molecular formula is C12H18N2S. The minimum Gasteiger partial charge on any atom is -0.316 e. The first-order chi connectivity index (χ1) is 7.34. The van der Waals surface area contributed by atoms with Crippen LogP contribution < -0.4 is 5.32 Å². The molecule has 3 heterocycles. The molecule has 0 saturated carbocycles. The SMILES string of the molecule is CC1c2ccsc2CCN1CC1CNC1. The molecule has 15 heavy (non-hydrogen) atoms. The van der Waals surface area contributed by atoms with Crippen molar-refractivity contribution in [2.45, 2.75) is 19.4 Å². The van der Waals surface area contributed by atoms with E-state index in [0.29, 0.717) is 6.04 Å². The number of fused-ring (bicyclic) bond motifs is 1. The Hall–Kier alpha value is -0.380. The van der Waals surface area contributed by atoms with Crippen molar-refractivity contribution in [3.05, 3.63) is 21.9 Å². The van der Waals surface area contributed by atoms with E-state index >= 15 is 0 Å². The van der Waals surface area contributed by atoms with Gasteiger partial charge in [-0.3, -0.25) is 4.90 Å². The van der Waals surface area contributed by atoms with Crippen LogP contribution in [0.15, 0.2) is 11.4 Å². The molecule has 1 fully saturated rings. The van der Waals surface area contributed by atoms with Crippen LogP contribution in [0.1, 0.15) is 23.4 Å². The average molecular weight is 222 g/mol. The highest BCUT2D eigenvalue weighted by Gasteiger charge is 2.28. The fraction of sp³-hybridized carbons (Fsp3) is 0.667. The summed E-state index contributed by atoms with van der Waals surface area (Å²) < 4.78 is 0. The Morgan fingerprint density at radius 2 is 2.40 bits per heavy atom. The lowest BCUT2D eigenvalue weighted by molar-refractivity contribution is 0.144. The maximum absolute atomic E-state index is 3.36. The standard InChI is InChI=1S/C12H18N2S/c1-9-11-3-5-15-12(11)2-4-14(9)8-10-6-13-7-10/h3,5,9-10,13H,2,4,6-8H2,1H3. The topological polar surface area (TPSA) is 15.3 Å². The average Bonchev–Trinajstić information content (AvgIpc) is 2.62. The molecule has 1 unspecified atom stereocenters. The summed E-state index contributed by atoms with van der Waals surface area (Å²) in [6.45, 7) is 7.34. The Morgan fingerprint density at radius 1 is 1.53 bits per heavy atom. The van der Waals surface area contributed by atoms with Gasteiger partial charge in [0.2, 0.25) is 0 Å². The predicted molar refractivity (Wildman–Crippen MR) is 64.4 cm³/mol. The first-order valence-electron chi connectivity index (χ1n) is 5.85. The molecule has 2 nitrogen and oxygen atoms in total. The van der Waals surface area contributed by atoms with Crippen molar-refractivity contribution in [1.29, 1.82) is 0 Å². The summed E-state index contributed by atoms with van der Waals surface area (Å²) in [4.78, 5) is 4.27. The van der Waals surface area contributed by atoms with Gasteiger partial charge in [0.05, 0.1) is 0 Å². The van der Waals surface area contributed by atoms with Gasteiger partial charge in [0.25, 0.3) is 0 Å². The Labute approximate surface area is 95.3 Å². The number of thiophene rings is 1. The van der Waals surface area contributed by atoms with Crippen molar-refractivity contribution < 1.29 is 0 Å². The highest BCUT2D eigenvalue weighted by Crippen LogP contribution is 2.33. The van der Waals surface area contributed by atoms with Crippen LogP contribution in [-0.4, -0.2) is 31.1 Å². The van der Waals surface area contributed by atoms with Gasteiger partial charge in [0.15, 0.2) is 0 Å². The summed E-state index contributed by atoms with van der Waals surface area (Å²) in [6, 6.07) is 2.95. The van der Waals surface area contributed by atoms with Crippen LogP contribution in [0.3, 0.4) is 0 Å². The Bertz CT molecular complexity index is 343. The summed E-state index contributed by atoms with van der Waals surface area (Å²) in [6.07, 6.45) is 1.26. The van der Waals surface area contributed by atoms with E-state index in [0.717, 1.165) is 5.92 Å². The molecule has 0 aromatic carbocycles. The second kappa shape index (κ2) is 3.89. The van der Waals surface area contributed by atoms with E-state index < -0.39 is 0 Å². The molecule has 1 atom stereocenters. The van der Waals surface area contributed by atoms with Crippen molar-refractivity contribution >= 4 is 11.3 Å². The van der Waals surface area contributed by atoms with Gasteiger partial charge in [0, 0.05) is 37.1 Å². The van der Waals surface area contributed by atoms with E-state index in [1.165, 1.54) is 32.6 Å². The number of rotatable bonds is 2. The van der Waals surface area contributed by atoms with Crippen LogP contribution in [0, 0.1) is 5.92 Å². The Morgan fingerprint density at radius 3 is 3.13 bits per heavy atom. The fourth-order valence-corrected chi connectivity index (χ4v) is 3.58. The van der Waals surface area contributed by atoms with Gasteiger partial charge in [-0.2, -0.15) is 0 Å². The number of nitrogens with one attached hydrogen (secondary N) is 1. The van der Waals surface area contributed by atoms with E-state index in [2.05, 4.69) is 28.6 Å². The number of hydrogen-bond donors (Lipinski definition) is 1. The molecule has 0 radical (unpaired) electrons. The minimum absolute atomic E-state index is 0.639. The van der Waals surface area contributed by atoms with Crippen molar-refractivity contribution in [2.75, 3.05) is 26.2 Å². The zero-order valence-corrected chi connectivity index (χ0v) is 10.0. The second-order valence-corrected chi connectivity index (χ2v) is 5.74. The quantitative estimate of drug-likeness (QED) is 0.822. The van der Waals surface area contributed by atoms with Crippen LogP contribution in [0.2, 0.25) is 0 Å². The molecule has 3 rings (SSSR count). The maximum atomic E-state index is 3.36. The predicted octanol–water partition coefficient (Wildman–Crippen LogP) is 1.89. The Balaban J connectivity index is 1.71. The van der Waals surface area contributed by atoms with Crippen molar-refractivity contribution in [3.8, 4) is 0 Å². The third-order valence-electron chi connectivity index (χ3n) is 3.76. The first-order valence-corrected chi connectivity index (χ1v) is 6.73. The Kier molecular flexibility index (Phi) is 2.54. The van der Waals surface area contributed by atoms with Gasteiger partial charge in [-0.1, -0.05) is 0 Å². The number of hydrogen-bond acceptors (Lipinski definition) is 3. The molecule has 0 bridgehead atoms. The lowest BCUT2D eigenvalue weighted by Crippen LogP contribution is -2.49. The smallest absolute Gasteiger partial charge is 0.0331 e. The van der Waals surface area contributed by atoms with E-state index in [1.54, 1.807) is 10.4 Å². The maximum Gasteiger partial charge on any atom is 0.0331 e. The summed E-state index contributed by atoms with van der Waals surface area (Å²) in [5, 5.41) is 5.60. The number of nitrogens with zero attached hydrogens (tertiary/aromatic N) is 1. The van der Waals surface area contributed by atoms with Crippen LogP contribution >= 0.6 is 11.3 Å². The van der Waals surface area contributed by atoms with Gasteiger partial charge in [0.1, 0.15) is 0 Å². The molecule has 1 N–H and O–H groups in total. The highest BCUT2D eigenvalue weighted by molar-refractivity contribution is 7.10. The van der Waals surface area contributed by atoms with E-state index in [9.17, 15) is 0 Å². The van der Waals surface area contributed by atoms with E-state index in [1.807, 2.05) is 11.3 Å². The van der Waals surface area contributed by atoms with Crippen molar-refractivity contribution in [2.24, 2.45) is 5.92 Å².